The lowest BCUT2D eigenvalue weighted by Gasteiger charge is -2.07. The third-order valence-corrected chi connectivity index (χ3v) is 1.52. The van der Waals surface area contributed by atoms with Gasteiger partial charge in [0.05, 0.1) is 0 Å². The van der Waals surface area contributed by atoms with Crippen molar-refractivity contribution in [3.63, 3.8) is 0 Å². The molecule has 0 unspecified atom stereocenters. The fraction of sp³-hybridized carbons (Fsp3) is 0.636. The van der Waals surface area contributed by atoms with Gasteiger partial charge in [0.2, 0.25) is 6.43 Å². The molecule has 0 N–H and O–H groups in total. The highest BCUT2D eigenvalue weighted by Crippen LogP contribution is 2.14. The Balaban J connectivity index is 4.40. The first-order valence-corrected chi connectivity index (χ1v) is 4.75. The second-order valence-corrected chi connectivity index (χ2v) is 3.86. The van der Waals surface area contributed by atoms with Gasteiger partial charge in [0.15, 0.2) is 0 Å². The molecule has 0 fully saturated rings. The molecule has 0 saturated carbocycles. The number of alkyl halides is 2. The quantitative estimate of drug-likeness (QED) is 0.620. The Morgan fingerprint density at radius 3 is 2.21 bits per heavy atom. The van der Waals surface area contributed by atoms with E-state index in [1.54, 1.807) is 12.3 Å². The topological polar surface area (TPSA) is 3.24 Å². The summed E-state index contributed by atoms with van der Waals surface area (Å²) in [6.07, 6.45) is 2.96. The zero-order valence-corrected chi connectivity index (χ0v) is 9.30. The zero-order chi connectivity index (χ0) is 11.1. The summed E-state index contributed by atoms with van der Waals surface area (Å²) in [4.78, 5) is 1.83. The number of allylic oxidation sites excluding steroid dienone is 3. The predicted molar refractivity (Wildman–Crippen MR) is 56.4 cm³/mol. The fourth-order valence-electron chi connectivity index (χ4n) is 1.04. The minimum absolute atomic E-state index is 0.164. The van der Waals surface area contributed by atoms with Crippen LogP contribution in [0.4, 0.5) is 8.78 Å². The minimum Gasteiger partial charge on any atom is -0.383 e. The van der Waals surface area contributed by atoms with Crippen LogP contribution in [0.3, 0.4) is 0 Å². The predicted octanol–water partition coefficient (Wildman–Crippen LogP) is 3.30. The molecule has 0 amide bonds. The van der Waals surface area contributed by atoms with Gasteiger partial charge in [-0.1, -0.05) is 19.9 Å². The summed E-state index contributed by atoms with van der Waals surface area (Å²) in [5.41, 5.74) is 0.698. The van der Waals surface area contributed by atoms with Crippen LogP contribution in [0, 0.1) is 5.92 Å². The van der Waals surface area contributed by atoms with Crippen molar-refractivity contribution < 1.29 is 8.78 Å². The van der Waals surface area contributed by atoms with Gasteiger partial charge in [0.1, 0.15) is 0 Å². The van der Waals surface area contributed by atoms with Gasteiger partial charge in [-0.25, -0.2) is 8.78 Å². The normalized spacial score (nSPS) is 13.3. The first-order valence-electron chi connectivity index (χ1n) is 4.75. The highest BCUT2D eigenvalue weighted by molar-refractivity contribution is 5.19. The van der Waals surface area contributed by atoms with Gasteiger partial charge >= 0.3 is 0 Å². The molecule has 1 nitrogen and oxygen atoms in total. The van der Waals surface area contributed by atoms with E-state index in [4.69, 9.17) is 0 Å². The molecule has 0 aliphatic rings. The molecule has 0 saturated heterocycles. The summed E-state index contributed by atoms with van der Waals surface area (Å²) in [6, 6.07) is 0. The second-order valence-electron chi connectivity index (χ2n) is 3.86. The van der Waals surface area contributed by atoms with Crippen LogP contribution in [0.25, 0.3) is 0 Å². The number of hydrogen-bond acceptors (Lipinski definition) is 1. The maximum absolute atomic E-state index is 12.2. The number of nitrogens with zero attached hydrogens (tertiary/aromatic N) is 1. The van der Waals surface area contributed by atoms with Gasteiger partial charge in [-0.15, -0.1) is 0 Å². The third kappa shape index (κ3) is 7.77. The standard InChI is InChI=1S/C11H19F2N/c1-9(2)7-10(8-11(12)13)5-6-14(3)4/h5-7,9,11H,8H2,1-4H3/b6-5-,10-7+. The Morgan fingerprint density at radius 1 is 1.29 bits per heavy atom. The van der Waals surface area contributed by atoms with Gasteiger partial charge in [-0.05, 0) is 23.8 Å². The molecular weight excluding hydrogens is 184 g/mol. The second kappa shape index (κ2) is 6.57. The van der Waals surface area contributed by atoms with E-state index >= 15 is 0 Å². The fourth-order valence-corrected chi connectivity index (χ4v) is 1.04. The molecular formula is C11H19F2N. The Bertz CT molecular complexity index is 205. The molecule has 0 spiro atoms. The van der Waals surface area contributed by atoms with Crippen molar-refractivity contribution in [2.75, 3.05) is 14.1 Å². The molecule has 14 heavy (non-hydrogen) atoms. The molecule has 0 aromatic heterocycles. The SMILES string of the molecule is CC(C)/C=C(\C=C/N(C)C)CC(F)F. The molecule has 0 aromatic carbocycles. The van der Waals surface area contributed by atoms with Crippen molar-refractivity contribution in [1.82, 2.24) is 4.90 Å². The van der Waals surface area contributed by atoms with E-state index in [1.165, 1.54) is 0 Å². The van der Waals surface area contributed by atoms with E-state index in [2.05, 4.69) is 0 Å². The van der Waals surface area contributed by atoms with Gasteiger partial charge in [-0.3, -0.25) is 0 Å². The Labute approximate surface area is 85.1 Å². The molecule has 82 valence electrons. The van der Waals surface area contributed by atoms with Crippen LogP contribution in [-0.2, 0) is 0 Å². The largest absolute Gasteiger partial charge is 0.383 e. The number of rotatable bonds is 5. The third-order valence-electron chi connectivity index (χ3n) is 1.52. The van der Waals surface area contributed by atoms with E-state index in [9.17, 15) is 8.78 Å². The molecule has 0 bridgehead atoms. The zero-order valence-electron chi connectivity index (χ0n) is 9.30. The van der Waals surface area contributed by atoms with E-state index in [1.807, 2.05) is 38.9 Å². The number of halogens is 2. The molecule has 0 atom stereocenters. The van der Waals surface area contributed by atoms with Crippen molar-refractivity contribution in [3.8, 4) is 0 Å². The molecule has 0 aromatic rings. The molecule has 0 radical (unpaired) electrons. The van der Waals surface area contributed by atoms with Crippen LogP contribution >= 0.6 is 0 Å². The average Bonchev–Trinajstić information content (AvgIpc) is 1.97. The summed E-state index contributed by atoms with van der Waals surface area (Å²) in [6.45, 7) is 3.96. The molecule has 0 rings (SSSR count). The van der Waals surface area contributed by atoms with Crippen molar-refractivity contribution in [3.05, 3.63) is 23.9 Å². The Hall–Kier alpha value is -0.860. The van der Waals surface area contributed by atoms with E-state index < -0.39 is 6.43 Å². The summed E-state index contributed by atoms with van der Waals surface area (Å²) in [5.74, 6) is 0.301. The highest BCUT2D eigenvalue weighted by atomic mass is 19.3. The summed E-state index contributed by atoms with van der Waals surface area (Å²) in [7, 11) is 3.73. The van der Waals surface area contributed by atoms with Crippen molar-refractivity contribution in [2.45, 2.75) is 26.7 Å². The maximum atomic E-state index is 12.2. The van der Waals surface area contributed by atoms with E-state index in [0.29, 0.717) is 11.5 Å². The van der Waals surface area contributed by atoms with Gasteiger partial charge in [-0.2, -0.15) is 0 Å². The van der Waals surface area contributed by atoms with Gasteiger partial charge in [0.25, 0.3) is 0 Å². The maximum Gasteiger partial charge on any atom is 0.242 e. The van der Waals surface area contributed by atoms with Gasteiger partial charge < -0.3 is 4.90 Å². The molecule has 0 heterocycles. The van der Waals surface area contributed by atoms with E-state index in [0.717, 1.165) is 0 Å². The van der Waals surface area contributed by atoms with Crippen molar-refractivity contribution in [2.24, 2.45) is 5.92 Å². The van der Waals surface area contributed by atoms with Crippen LogP contribution < -0.4 is 0 Å². The molecule has 0 aliphatic heterocycles. The minimum atomic E-state index is -2.27. The Kier molecular flexibility index (Phi) is 6.17. The first kappa shape index (κ1) is 13.1. The Morgan fingerprint density at radius 2 is 1.86 bits per heavy atom. The summed E-state index contributed by atoms with van der Waals surface area (Å²) >= 11 is 0. The number of hydrogen-bond donors (Lipinski definition) is 0. The average molecular weight is 203 g/mol. The van der Waals surface area contributed by atoms with Crippen LogP contribution in [0.15, 0.2) is 23.9 Å². The summed E-state index contributed by atoms with van der Waals surface area (Å²) in [5, 5.41) is 0. The smallest absolute Gasteiger partial charge is 0.242 e. The van der Waals surface area contributed by atoms with Crippen LogP contribution in [0.1, 0.15) is 20.3 Å². The highest BCUT2D eigenvalue weighted by Gasteiger charge is 2.05. The summed E-state index contributed by atoms with van der Waals surface area (Å²) < 4.78 is 24.3. The monoisotopic (exact) mass is 203 g/mol. The lowest BCUT2D eigenvalue weighted by Crippen LogP contribution is -2.01. The lowest BCUT2D eigenvalue weighted by molar-refractivity contribution is 0.149. The van der Waals surface area contributed by atoms with Crippen LogP contribution in [0.5, 0.6) is 0 Å². The molecule has 3 heteroatoms. The van der Waals surface area contributed by atoms with Gasteiger partial charge in [0, 0.05) is 20.5 Å². The van der Waals surface area contributed by atoms with Crippen LogP contribution in [-0.4, -0.2) is 25.4 Å². The van der Waals surface area contributed by atoms with E-state index in [-0.39, 0.29) is 6.42 Å². The molecule has 0 aliphatic carbocycles. The van der Waals surface area contributed by atoms with Crippen molar-refractivity contribution >= 4 is 0 Å². The van der Waals surface area contributed by atoms with Crippen molar-refractivity contribution in [1.29, 1.82) is 0 Å². The first-order chi connectivity index (χ1) is 6.41. The van der Waals surface area contributed by atoms with Crippen LogP contribution in [0.2, 0.25) is 0 Å². The lowest BCUT2D eigenvalue weighted by atomic mass is 10.1.